The van der Waals surface area contributed by atoms with Crippen molar-refractivity contribution in [2.75, 3.05) is 26.2 Å². The number of thiophene rings is 2. The minimum absolute atomic E-state index is 0.000424. The second-order valence-electron chi connectivity index (χ2n) is 20.9. The van der Waals surface area contributed by atoms with Crippen molar-refractivity contribution < 1.29 is 48.3 Å². The minimum Gasteiger partial charge on any atom is -0.477 e. The highest BCUT2D eigenvalue weighted by Crippen LogP contribution is 2.67. The SMILES string of the molecule is O=C(Cc1csc2c(CC(=O)Oc3ccc4c5c3O[C@H]3C(=O)CC[C@@]6(O)[C@@H](C4)N(CC4CC4)CC[C@]536)csc12)Oc1ccc2c3c1O[C@H]1C(=O)CC[C@@]4(O)[C@@H](C2)N(CC2CC2)CCC314. The molecule has 332 valence electrons. The van der Waals surface area contributed by atoms with Crippen LogP contribution in [-0.2, 0) is 55.7 Å². The van der Waals surface area contributed by atoms with Crippen molar-refractivity contribution in [2.24, 2.45) is 11.8 Å². The van der Waals surface area contributed by atoms with Gasteiger partial charge in [0.25, 0.3) is 0 Å². The van der Waals surface area contributed by atoms with Crippen molar-refractivity contribution in [1.29, 1.82) is 0 Å². The summed E-state index contributed by atoms with van der Waals surface area (Å²) in [4.78, 5) is 59.6. The van der Waals surface area contributed by atoms with E-state index in [0.717, 1.165) is 69.0 Å². The summed E-state index contributed by atoms with van der Waals surface area (Å²) < 4.78 is 27.0. The van der Waals surface area contributed by atoms with E-state index < -0.39 is 46.2 Å². The van der Waals surface area contributed by atoms with Crippen LogP contribution in [0.25, 0.3) is 9.40 Å². The molecule has 8 atom stereocenters. The Balaban J connectivity index is 0.697. The smallest absolute Gasteiger partial charge is 0.315 e. The highest BCUT2D eigenvalue weighted by molar-refractivity contribution is 7.26. The highest BCUT2D eigenvalue weighted by Gasteiger charge is 2.75. The summed E-state index contributed by atoms with van der Waals surface area (Å²) in [7, 11) is 0. The number of benzene rings is 2. The molecule has 0 radical (unpaired) electrons. The van der Waals surface area contributed by atoms with E-state index in [0.29, 0.717) is 61.9 Å². The lowest BCUT2D eigenvalue weighted by Crippen LogP contribution is -2.76. The number of rotatable bonds is 10. The van der Waals surface area contributed by atoms with Gasteiger partial charge in [0.2, 0.25) is 0 Å². The normalized spacial score (nSPS) is 35.2. The molecule has 64 heavy (non-hydrogen) atoms. The molecule has 14 heteroatoms. The van der Waals surface area contributed by atoms with Crippen LogP contribution in [0.1, 0.15) is 97.6 Å². The first-order chi connectivity index (χ1) is 31.0. The fraction of sp³-hybridized carbons (Fsp3) is 0.560. The summed E-state index contributed by atoms with van der Waals surface area (Å²) in [5, 5.41) is 29.2. The molecule has 2 N–H and O–H groups in total. The number of esters is 2. The first-order valence-electron chi connectivity index (χ1n) is 23.5. The summed E-state index contributed by atoms with van der Waals surface area (Å²) in [5.41, 5.74) is 1.53. The van der Waals surface area contributed by atoms with Gasteiger partial charge in [-0.15, -0.1) is 22.7 Å². The molecule has 2 aromatic carbocycles. The van der Waals surface area contributed by atoms with Crippen LogP contribution in [0.4, 0.5) is 0 Å². The third kappa shape index (κ3) is 5.07. The van der Waals surface area contributed by atoms with Crippen LogP contribution in [-0.4, -0.2) is 105 Å². The van der Waals surface area contributed by atoms with Gasteiger partial charge in [-0.2, -0.15) is 0 Å². The fourth-order valence-corrected chi connectivity index (χ4v) is 16.9. The first-order valence-corrected chi connectivity index (χ1v) is 25.3. The Morgan fingerprint density at radius 3 is 1.52 bits per heavy atom. The molecule has 1 unspecified atom stereocenters. The Hall–Kier alpha value is -4.18. The average Bonchev–Trinajstić information content (AvgIpc) is 4.11. The maximum atomic E-state index is 13.8. The number of hydrogen-bond donors (Lipinski definition) is 2. The van der Waals surface area contributed by atoms with E-state index >= 15 is 0 Å². The number of carbonyl (C=O) groups is 4. The van der Waals surface area contributed by atoms with E-state index in [2.05, 4.69) is 9.80 Å². The van der Waals surface area contributed by atoms with Gasteiger partial charge in [0.05, 0.1) is 34.9 Å². The maximum absolute atomic E-state index is 13.8. The number of likely N-dealkylation sites (tertiary alicyclic amines) is 2. The number of aliphatic hydroxyl groups is 2. The molecule has 6 heterocycles. The van der Waals surface area contributed by atoms with Crippen molar-refractivity contribution in [2.45, 2.75) is 136 Å². The summed E-state index contributed by atoms with van der Waals surface area (Å²) >= 11 is 2.94. The quantitative estimate of drug-likeness (QED) is 0.152. The molecule has 4 aliphatic heterocycles. The van der Waals surface area contributed by atoms with Crippen LogP contribution in [0, 0.1) is 11.8 Å². The molecule has 4 saturated carbocycles. The first kappa shape index (κ1) is 39.0. The summed E-state index contributed by atoms with van der Waals surface area (Å²) in [6.07, 6.45) is 7.27. The lowest BCUT2D eigenvalue weighted by Gasteiger charge is -2.62. The van der Waals surface area contributed by atoms with E-state index in [1.54, 1.807) is 12.1 Å². The molecule has 2 aromatic heterocycles. The zero-order valence-electron chi connectivity index (χ0n) is 35.5. The molecule has 4 aromatic rings. The molecule has 0 amide bonds. The summed E-state index contributed by atoms with van der Waals surface area (Å²) in [5.74, 6) is 1.84. The van der Waals surface area contributed by atoms with Crippen LogP contribution in [0.15, 0.2) is 35.0 Å². The van der Waals surface area contributed by atoms with Crippen LogP contribution >= 0.6 is 22.7 Å². The number of carbonyl (C=O) groups excluding carboxylic acids is 4. The number of piperidine rings is 2. The number of fused-ring (bicyclic) bond motifs is 1. The van der Waals surface area contributed by atoms with Crippen molar-refractivity contribution in [3.05, 3.63) is 68.4 Å². The van der Waals surface area contributed by atoms with E-state index in [4.69, 9.17) is 18.9 Å². The summed E-state index contributed by atoms with van der Waals surface area (Å²) in [6.45, 7) is 3.56. The predicted molar refractivity (Wildman–Crippen MR) is 235 cm³/mol. The van der Waals surface area contributed by atoms with Gasteiger partial charge in [0.1, 0.15) is 0 Å². The summed E-state index contributed by atoms with van der Waals surface area (Å²) in [6, 6.07) is 7.41. The number of nitrogens with zero attached hydrogens (tertiary/aromatic N) is 2. The van der Waals surface area contributed by atoms with Gasteiger partial charge in [0, 0.05) is 58.5 Å². The second kappa shape index (κ2) is 13.3. The topological polar surface area (TPSA) is 152 Å². The molecule has 2 spiro atoms. The highest BCUT2D eigenvalue weighted by atomic mass is 32.1. The fourth-order valence-electron chi connectivity index (χ4n) is 14.5. The van der Waals surface area contributed by atoms with Crippen molar-refractivity contribution >= 4 is 55.6 Å². The molecule has 10 aliphatic rings. The average molecular weight is 903 g/mol. The lowest BCUT2D eigenvalue weighted by atomic mass is 9.49. The molecule has 12 nitrogen and oxygen atoms in total. The van der Waals surface area contributed by atoms with Crippen molar-refractivity contribution in [3.63, 3.8) is 0 Å². The predicted octanol–water partition coefficient (Wildman–Crippen LogP) is 5.53. The third-order valence-electron chi connectivity index (χ3n) is 17.6. The Labute approximate surface area is 377 Å². The largest absolute Gasteiger partial charge is 0.477 e. The Bertz CT molecular complexity index is 2590. The molecule has 14 rings (SSSR count). The molecular weight excluding hydrogens is 853 g/mol. The van der Waals surface area contributed by atoms with Crippen LogP contribution in [0.2, 0.25) is 0 Å². The van der Waals surface area contributed by atoms with Gasteiger partial charge in [-0.3, -0.25) is 29.0 Å². The Kier molecular flexibility index (Phi) is 8.08. The van der Waals surface area contributed by atoms with Crippen LogP contribution in [0.5, 0.6) is 23.0 Å². The molecule has 6 fully saturated rings. The zero-order chi connectivity index (χ0) is 43.1. The Morgan fingerprint density at radius 2 is 1.09 bits per heavy atom. The van der Waals surface area contributed by atoms with E-state index in [1.165, 1.54) is 48.4 Å². The molecule has 4 bridgehead atoms. The van der Waals surface area contributed by atoms with Gasteiger partial charge in [-0.25, -0.2) is 0 Å². The van der Waals surface area contributed by atoms with Gasteiger partial charge in [-0.1, -0.05) is 12.1 Å². The molecule has 2 saturated heterocycles. The van der Waals surface area contributed by atoms with Crippen LogP contribution in [0.3, 0.4) is 0 Å². The number of hydrogen-bond acceptors (Lipinski definition) is 14. The zero-order valence-corrected chi connectivity index (χ0v) is 37.2. The van der Waals surface area contributed by atoms with E-state index in [1.807, 2.05) is 22.9 Å². The lowest BCUT2D eigenvalue weighted by molar-refractivity contribution is -0.188. The number of ether oxygens (including phenoxy) is 4. The van der Waals surface area contributed by atoms with Crippen molar-refractivity contribution in [3.8, 4) is 23.0 Å². The molecular formula is C50H50N2O10S2. The standard InChI is InChI=1S/C50H50N2O10S2/c53-31-9-11-49(57)35-17-27-5-7-33(41-39(27)47(49,45(31)61-41)13-15-51(35)21-25-1-2-25)59-37(55)19-29-23-63-44-30(24-64-43(29)44)20-38(56)60-34-8-6-28-18-36-50(58)12-10-32(54)46-48(50,40(28)42(34)62-46)14-16-52(36)22-26-3-4-26/h5-8,23-26,35-36,45-46,57-58H,1-4,9-22H2/t35-,36-,45+,46+,47+,48?,49-,50-/m1/s1. The Morgan fingerprint density at radius 1 is 0.656 bits per heavy atom. The van der Waals surface area contributed by atoms with Gasteiger partial charge >= 0.3 is 11.9 Å². The van der Waals surface area contributed by atoms with Crippen LogP contribution < -0.4 is 18.9 Å². The second-order valence-corrected chi connectivity index (χ2v) is 22.6. The number of ketones is 2. The van der Waals surface area contributed by atoms with Crippen molar-refractivity contribution in [1.82, 2.24) is 9.80 Å². The molecule has 6 aliphatic carbocycles. The maximum Gasteiger partial charge on any atom is 0.315 e. The van der Waals surface area contributed by atoms with Gasteiger partial charge in [0.15, 0.2) is 46.8 Å². The minimum atomic E-state index is -1.10. The third-order valence-corrected chi connectivity index (χ3v) is 20.0. The van der Waals surface area contributed by atoms with Gasteiger partial charge in [-0.05, 0) is 134 Å². The monoisotopic (exact) mass is 902 g/mol. The van der Waals surface area contributed by atoms with E-state index in [9.17, 15) is 29.4 Å². The number of Topliss-reactive ketones (excluding diaryl/α,β-unsaturated/α-hetero) is 2. The van der Waals surface area contributed by atoms with Gasteiger partial charge < -0.3 is 29.2 Å². The van der Waals surface area contributed by atoms with E-state index in [-0.39, 0.29) is 60.8 Å².